The van der Waals surface area contributed by atoms with E-state index in [-0.39, 0.29) is 0 Å². The summed E-state index contributed by atoms with van der Waals surface area (Å²) < 4.78 is 1.72. The number of aryl methyl sites for hydroxylation is 1. The second kappa shape index (κ2) is 5.16. The zero-order valence-corrected chi connectivity index (χ0v) is 10.5. The summed E-state index contributed by atoms with van der Waals surface area (Å²) in [6.07, 6.45) is 4.01. The summed E-state index contributed by atoms with van der Waals surface area (Å²) in [5, 5.41) is 4.00. The summed E-state index contributed by atoms with van der Waals surface area (Å²) >= 11 is 0. The van der Waals surface area contributed by atoms with E-state index in [1.165, 1.54) is 19.2 Å². The van der Waals surface area contributed by atoms with Crippen LogP contribution < -0.4 is 5.73 Å². The second-order valence-corrected chi connectivity index (χ2v) is 4.67. The molecule has 6 heteroatoms. The Balaban J connectivity index is 1.95. The quantitative estimate of drug-likeness (QED) is 0.594. The van der Waals surface area contributed by atoms with Crippen LogP contribution in [0, 0.1) is 5.92 Å². The lowest BCUT2D eigenvalue weighted by Gasteiger charge is -2.31. The maximum absolute atomic E-state index is 6.00. The molecule has 94 valence electrons. The number of guanidine groups is 1. The standard InChI is InChI=1S/C11H20N6/c1-9-4-3-5-17(7-9)11(12)13-6-10-14-8-15-16(10)2/h8-9H,3-7H2,1-2H3,(H2,12,13). The number of hydrogen-bond donors (Lipinski definition) is 1. The van der Waals surface area contributed by atoms with E-state index < -0.39 is 0 Å². The first-order valence-electron chi connectivity index (χ1n) is 6.04. The fraction of sp³-hybridized carbons (Fsp3) is 0.727. The smallest absolute Gasteiger partial charge is 0.191 e. The number of likely N-dealkylation sites (tertiary alicyclic amines) is 1. The third-order valence-electron chi connectivity index (χ3n) is 3.17. The van der Waals surface area contributed by atoms with E-state index >= 15 is 0 Å². The van der Waals surface area contributed by atoms with Crippen LogP contribution in [-0.2, 0) is 13.6 Å². The van der Waals surface area contributed by atoms with Gasteiger partial charge in [-0.3, -0.25) is 4.68 Å². The highest BCUT2D eigenvalue weighted by molar-refractivity contribution is 5.78. The first-order chi connectivity index (χ1) is 8.16. The fourth-order valence-electron chi connectivity index (χ4n) is 2.11. The highest BCUT2D eigenvalue weighted by Gasteiger charge is 2.17. The van der Waals surface area contributed by atoms with E-state index in [1.54, 1.807) is 4.68 Å². The molecule has 1 aromatic rings. The first-order valence-corrected chi connectivity index (χ1v) is 6.04. The van der Waals surface area contributed by atoms with Crippen molar-refractivity contribution in [3.8, 4) is 0 Å². The minimum atomic E-state index is 0.493. The molecule has 2 heterocycles. The number of aromatic nitrogens is 3. The van der Waals surface area contributed by atoms with Crippen molar-refractivity contribution in [1.29, 1.82) is 0 Å². The van der Waals surface area contributed by atoms with Gasteiger partial charge in [0.15, 0.2) is 5.96 Å². The number of aliphatic imine (C=N–C) groups is 1. The number of hydrogen-bond acceptors (Lipinski definition) is 3. The van der Waals surface area contributed by atoms with Crippen LogP contribution in [0.25, 0.3) is 0 Å². The van der Waals surface area contributed by atoms with Crippen LogP contribution in [0.1, 0.15) is 25.6 Å². The highest BCUT2D eigenvalue weighted by Crippen LogP contribution is 2.14. The lowest BCUT2D eigenvalue weighted by atomic mass is 10.0. The van der Waals surface area contributed by atoms with Crippen molar-refractivity contribution < 1.29 is 0 Å². The Labute approximate surface area is 102 Å². The molecule has 1 fully saturated rings. The van der Waals surface area contributed by atoms with Gasteiger partial charge in [-0.25, -0.2) is 9.98 Å². The van der Waals surface area contributed by atoms with E-state index in [4.69, 9.17) is 5.73 Å². The van der Waals surface area contributed by atoms with Gasteiger partial charge in [0, 0.05) is 20.1 Å². The van der Waals surface area contributed by atoms with Crippen molar-refractivity contribution in [2.75, 3.05) is 13.1 Å². The maximum atomic E-state index is 6.00. The zero-order valence-electron chi connectivity index (χ0n) is 10.5. The van der Waals surface area contributed by atoms with Gasteiger partial charge in [-0.1, -0.05) is 6.92 Å². The van der Waals surface area contributed by atoms with Gasteiger partial charge in [-0.2, -0.15) is 5.10 Å². The van der Waals surface area contributed by atoms with Gasteiger partial charge >= 0.3 is 0 Å². The van der Waals surface area contributed by atoms with Crippen molar-refractivity contribution >= 4 is 5.96 Å². The molecule has 1 saturated heterocycles. The van der Waals surface area contributed by atoms with E-state index in [0.717, 1.165) is 18.9 Å². The van der Waals surface area contributed by atoms with Crippen LogP contribution in [0.5, 0.6) is 0 Å². The minimum Gasteiger partial charge on any atom is -0.370 e. The maximum Gasteiger partial charge on any atom is 0.191 e. The SMILES string of the molecule is CC1CCCN(C(N)=NCc2ncnn2C)C1. The first kappa shape index (κ1) is 11.9. The predicted octanol–water partition coefficient (Wildman–Crippen LogP) is 0.362. The van der Waals surface area contributed by atoms with Crippen LogP contribution in [0.3, 0.4) is 0 Å². The predicted molar refractivity (Wildman–Crippen MR) is 66.3 cm³/mol. The van der Waals surface area contributed by atoms with Gasteiger partial charge in [-0.15, -0.1) is 0 Å². The summed E-state index contributed by atoms with van der Waals surface area (Å²) in [7, 11) is 1.86. The molecule has 1 unspecified atom stereocenters. The van der Waals surface area contributed by atoms with E-state index in [1.807, 2.05) is 7.05 Å². The molecule has 0 saturated carbocycles. The third-order valence-corrected chi connectivity index (χ3v) is 3.17. The van der Waals surface area contributed by atoms with Gasteiger partial charge in [0.25, 0.3) is 0 Å². The summed E-state index contributed by atoms with van der Waals surface area (Å²) in [5.41, 5.74) is 6.00. The summed E-state index contributed by atoms with van der Waals surface area (Å²) in [5.74, 6) is 2.16. The molecule has 0 bridgehead atoms. The Morgan fingerprint density at radius 3 is 3.12 bits per heavy atom. The molecule has 0 amide bonds. The van der Waals surface area contributed by atoms with Crippen molar-refractivity contribution in [2.45, 2.75) is 26.3 Å². The van der Waals surface area contributed by atoms with Gasteiger partial charge in [0.2, 0.25) is 0 Å². The molecular weight excluding hydrogens is 216 g/mol. The third kappa shape index (κ3) is 2.95. The van der Waals surface area contributed by atoms with Gasteiger partial charge in [-0.05, 0) is 18.8 Å². The summed E-state index contributed by atoms with van der Waals surface area (Å²) in [6, 6.07) is 0. The van der Waals surface area contributed by atoms with Gasteiger partial charge < -0.3 is 10.6 Å². The van der Waals surface area contributed by atoms with E-state index in [9.17, 15) is 0 Å². The minimum absolute atomic E-state index is 0.493. The number of nitrogens with zero attached hydrogens (tertiary/aromatic N) is 5. The molecule has 2 N–H and O–H groups in total. The average molecular weight is 236 g/mol. The Hall–Kier alpha value is -1.59. The molecule has 1 aliphatic heterocycles. The van der Waals surface area contributed by atoms with Crippen LogP contribution in [-0.4, -0.2) is 38.7 Å². The molecule has 17 heavy (non-hydrogen) atoms. The fourth-order valence-corrected chi connectivity index (χ4v) is 2.11. The van der Waals surface area contributed by atoms with Crippen molar-refractivity contribution in [2.24, 2.45) is 23.7 Å². The van der Waals surface area contributed by atoms with Crippen molar-refractivity contribution in [3.05, 3.63) is 12.2 Å². The summed E-state index contributed by atoms with van der Waals surface area (Å²) in [4.78, 5) is 10.7. The summed E-state index contributed by atoms with van der Waals surface area (Å²) in [6.45, 7) is 4.77. The lowest BCUT2D eigenvalue weighted by molar-refractivity contribution is 0.270. The molecule has 0 radical (unpaired) electrons. The molecule has 1 atom stereocenters. The number of nitrogens with two attached hydrogens (primary N) is 1. The molecular formula is C11H20N6. The van der Waals surface area contributed by atoms with Crippen LogP contribution >= 0.6 is 0 Å². The zero-order chi connectivity index (χ0) is 12.3. The highest BCUT2D eigenvalue weighted by atomic mass is 15.3. The van der Waals surface area contributed by atoms with Crippen LogP contribution in [0.2, 0.25) is 0 Å². The normalized spacial score (nSPS) is 21.9. The Bertz CT molecular complexity index is 396. The van der Waals surface area contributed by atoms with Gasteiger partial charge in [0.05, 0.1) is 0 Å². The molecule has 0 spiro atoms. The number of piperidine rings is 1. The Morgan fingerprint density at radius 2 is 2.47 bits per heavy atom. The van der Waals surface area contributed by atoms with Crippen LogP contribution in [0.15, 0.2) is 11.3 Å². The Morgan fingerprint density at radius 1 is 1.65 bits per heavy atom. The van der Waals surface area contributed by atoms with Crippen molar-refractivity contribution in [1.82, 2.24) is 19.7 Å². The molecule has 0 aliphatic carbocycles. The molecule has 0 aromatic carbocycles. The lowest BCUT2D eigenvalue weighted by Crippen LogP contribution is -2.43. The molecule has 2 rings (SSSR count). The van der Waals surface area contributed by atoms with Gasteiger partial charge in [0.1, 0.15) is 18.7 Å². The van der Waals surface area contributed by atoms with E-state index in [0.29, 0.717) is 18.4 Å². The second-order valence-electron chi connectivity index (χ2n) is 4.67. The molecule has 1 aromatic heterocycles. The van der Waals surface area contributed by atoms with E-state index in [2.05, 4.69) is 26.9 Å². The van der Waals surface area contributed by atoms with Crippen LogP contribution in [0.4, 0.5) is 0 Å². The topological polar surface area (TPSA) is 72.3 Å². The monoisotopic (exact) mass is 236 g/mol. The number of rotatable bonds is 2. The molecule has 1 aliphatic rings. The van der Waals surface area contributed by atoms with Crippen molar-refractivity contribution in [3.63, 3.8) is 0 Å². The average Bonchev–Trinajstić information content (AvgIpc) is 2.72. The largest absolute Gasteiger partial charge is 0.370 e. The molecule has 6 nitrogen and oxygen atoms in total. The Kier molecular flexibility index (Phi) is 3.61.